The molecule has 0 bridgehead atoms. The van der Waals surface area contributed by atoms with Crippen molar-refractivity contribution in [2.24, 2.45) is 4.99 Å². The van der Waals surface area contributed by atoms with Gasteiger partial charge in [0.05, 0.1) is 57.3 Å². The quantitative estimate of drug-likeness (QED) is 0.508. The summed E-state index contributed by atoms with van der Waals surface area (Å²) in [6, 6.07) is 10.5. The molecule has 1 amide bonds. The number of fused-ring (bicyclic) bond motifs is 1. The molecule has 2 aliphatic rings. The first-order valence-corrected chi connectivity index (χ1v) is 12.3. The largest absolute Gasteiger partial charge is 0.493 e. The highest BCUT2D eigenvalue weighted by atomic mass is 32.2. The number of benzene rings is 1. The van der Waals surface area contributed by atoms with Gasteiger partial charge < -0.3 is 24.4 Å². The van der Waals surface area contributed by atoms with Crippen LogP contribution < -0.4 is 14.8 Å². The smallest absolute Gasteiger partial charge is 0.338 e. The van der Waals surface area contributed by atoms with E-state index in [4.69, 9.17) is 19.2 Å². The van der Waals surface area contributed by atoms with Crippen molar-refractivity contribution in [2.45, 2.75) is 32.4 Å². The normalized spacial score (nSPS) is 16.7. The molecule has 0 saturated heterocycles. The van der Waals surface area contributed by atoms with Crippen LogP contribution >= 0.6 is 11.8 Å². The molecule has 4 rings (SSSR count). The van der Waals surface area contributed by atoms with Gasteiger partial charge in [0.15, 0.2) is 16.7 Å². The van der Waals surface area contributed by atoms with Crippen molar-refractivity contribution < 1.29 is 23.8 Å². The Morgan fingerprint density at radius 2 is 1.92 bits per heavy atom. The minimum absolute atomic E-state index is 0.110. The van der Waals surface area contributed by atoms with Gasteiger partial charge in [-0.2, -0.15) is 0 Å². The zero-order valence-corrected chi connectivity index (χ0v) is 21.4. The van der Waals surface area contributed by atoms with Crippen molar-refractivity contribution in [3.8, 4) is 11.5 Å². The number of methoxy groups -OCH3 is 3. The van der Waals surface area contributed by atoms with Crippen molar-refractivity contribution in [2.75, 3.05) is 21.3 Å². The summed E-state index contributed by atoms with van der Waals surface area (Å²) in [5, 5.41) is 5.52. The molecular weight excluding hydrogens is 480 g/mol. The first-order valence-electron chi connectivity index (χ1n) is 11.4. The van der Waals surface area contributed by atoms with Crippen molar-refractivity contribution in [1.29, 1.82) is 0 Å². The molecule has 0 saturated carbocycles. The summed E-state index contributed by atoms with van der Waals surface area (Å²) in [7, 11) is 4.49. The topological polar surface area (TPSA) is 102 Å². The fourth-order valence-electron chi connectivity index (χ4n) is 4.17. The van der Waals surface area contributed by atoms with Crippen LogP contribution in [0.1, 0.15) is 37.1 Å². The van der Waals surface area contributed by atoms with Gasteiger partial charge in [-0.3, -0.25) is 9.78 Å². The van der Waals surface area contributed by atoms with Crippen LogP contribution in [0, 0.1) is 0 Å². The molecule has 0 aliphatic carbocycles. The predicted molar refractivity (Wildman–Crippen MR) is 137 cm³/mol. The van der Waals surface area contributed by atoms with E-state index in [1.54, 1.807) is 26.5 Å². The average Bonchev–Trinajstić information content (AvgIpc) is 3.32. The summed E-state index contributed by atoms with van der Waals surface area (Å²) in [5.74, 6) is 0.479. The van der Waals surface area contributed by atoms with Crippen LogP contribution in [0.25, 0.3) is 0 Å². The minimum Gasteiger partial charge on any atom is -0.493 e. The van der Waals surface area contributed by atoms with Gasteiger partial charge in [-0.1, -0.05) is 30.8 Å². The number of nitrogens with zero attached hydrogens (tertiary/aromatic N) is 3. The average molecular weight is 509 g/mol. The zero-order chi connectivity index (χ0) is 25.7. The van der Waals surface area contributed by atoms with Crippen molar-refractivity contribution in [3.05, 3.63) is 76.2 Å². The van der Waals surface area contributed by atoms with Crippen LogP contribution in [0.4, 0.5) is 0 Å². The fraction of sp³-hybridized carbons (Fsp3) is 0.308. The van der Waals surface area contributed by atoms with Crippen LogP contribution in [0.15, 0.2) is 70.0 Å². The van der Waals surface area contributed by atoms with Gasteiger partial charge in [-0.05, 0) is 41.7 Å². The summed E-state index contributed by atoms with van der Waals surface area (Å²) in [6.45, 7) is 2.27. The second-order valence-electron chi connectivity index (χ2n) is 7.99. The Hall–Kier alpha value is -3.79. The van der Waals surface area contributed by atoms with Gasteiger partial charge in [0, 0.05) is 11.9 Å². The molecule has 2 aromatic rings. The monoisotopic (exact) mass is 508 g/mol. The highest BCUT2D eigenvalue weighted by molar-refractivity contribution is 8.16. The van der Waals surface area contributed by atoms with E-state index in [1.807, 2.05) is 47.6 Å². The number of hydrogen-bond acceptors (Lipinski definition) is 9. The van der Waals surface area contributed by atoms with Gasteiger partial charge in [0.25, 0.3) is 0 Å². The van der Waals surface area contributed by atoms with E-state index in [2.05, 4.69) is 10.3 Å². The molecule has 1 atom stereocenters. The third-order valence-electron chi connectivity index (χ3n) is 5.89. The number of carbonyl (C=O) groups is 2. The number of amidine groups is 1. The molecule has 10 heteroatoms. The fourth-order valence-corrected chi connectivity index (χ4v) is 5.11. The number of allylic oxidation sites excluding steroid dienone is 1. The highest BCUT2D eigenvalue weighted by Crippen LogP contribution is 2.46. The third kappa shape index (κ3) is 5.08. The molecule has 36 heavy (non-hydrogen) atoms. The van der Waals surface area contributed by atoms with Crippen LogP contribution in [0.2, 0.25) is 0 Å². The van der Waals surface area contributed by atoms with E-state index < -0.39 is 12.0 Å². The maximum atomic E-state index is 13.0. The molecule has 0 radical (unpaired) electrons. The Bertz CT molecular complexity index is 1240. The van der Waals surface area contributed by atoms with Crippen LogP contribution in [0.5, 0.6) is 11.5 Å². The van der Waals surface area contributed by atoms with Crippen LogP contribution in [-0.2, 0) is 20.9 Å². The molecule has 1 aromatic heterocycles. The van der Waals surface area contributed by atoms with E-state index in [9.17, 15) is 9.59 Å². The summed E-state index contributed by atoms with van der Waals surface area (Å²) in [6.07, 6.45) is 2.35. The first-order chi connectivity index (χ1) is 17.5. The summed E-state index contributed by atoms with van der Waals surface area (Å²) >= 11 is 1.43. The molecule has 188 valence electrons. The second-order valence-corrected chi connectivity index (χ2v) is 8.83. The number of pyridine rings is 1. The Kier molecular flexibility index (Phi) is 7.94. The lowest BCUT2D eigenvalue weighted by atomic mass is 9.92. The predicted octanol–water partition coefficient (Wildman–Crippen LogP) is 3.94. The molecule has 1 N–H and O–H groups in total. The summed E-state index contributed by atoms with van der Waals surface area (Å²) in [4.78, 5) is 36.8. The second kappa shape index (κ2) is 11.3. The van der Waals surface area contributed by atoms with Crippen molar-refractivity contribution in [3.63, 3.8) is 0 Å². The summed E-state index contributed by atoms with van der Waals surface area (Å²) in [5.41, 5.74) is 3.36. The number of aromatic nitrogens is 1. The Morgan fingerprint density at radius 1 is 1.11 bits per heavy atom. The third-order valence-corrected chi connectivity index (χ3v) is 6.78. The van der Waals surface area contributed by atoms with Gasteiger partial charge in [0.2, 0.25) is 5.91 Å². The molecule has 0 spiro atoms. The zero-order valence-electron chi connectivity index (χ0n) is 20.6. The SMILES string of the molecule is CCC1=C(C(=O)OC)C(c2ccc(OC)c(OC)c2)N2C(CC(=O)NCc3ccccn3)=CSC2=N1. The Morgan fingerprint density at radius 3 is 2.58 bits per heavy atom. The Balaban J connectivity index is 1.68. The molecule has 1 aromatic carbocycles. The lowest BCUT2D eigenvalue weighted by Gasteiger charge is -2.36. The maximum Gasteiger partial charge on any atom is 0.338 e. The highest BCUT2D eigenvalue weighted by Gasteiger charge is 2.41. The first kappa shape index (κ1) is 25.3. The molecule has 9 nitrogen and oxygen atoms in total. The number of amides is 1. The number of thioether (sulfide) groups is 1. The molecular formula is C26H28N4O5S. The number of carbonyl (C=O) groups excluding carboxylic acids is 2. The van der Waals surface area contributed by atoms with E-state index in [0.717, 1.165) is 17.0 Å². The van der Waals surface area contributed by atoms with Gasteiger partial charge >= 0.3 is 5.97 Å². The van der Waals surface area contributed by atoms with Crippen LogP contribution in [-0.4, -0.2) is 48.3 Å². The number of rotatable bonds is 9. The summed E-state index contributed by atoms with van der Waals surface area (Å²) < 4.78 is 16.1. The van der Waals surface area contributed by atoms with E-state index in [1.165, 1.54) is 18.9 Å². The van der Waals surface area contributed by atoms with Crippen LogP contribution in [0.3, 0.4) is 0 Å². The molecule has 1 unspecified atom stereocenters. The number of nitrogens with one attached hydrogen (secondary N) is 1. The lowest BCUT2D eigenvalue weighted by Crippen LogP contribution is -2.38. The molecule has 0 fully saturated rings. The van der Waals surface area contributed by atoms with Crippen molar-refractivity contribution >= 4 is 28.8 Å². The molecule has 2 aliphatic heterocycles. The Labute approximate surface area is 214 Å². The van der Waals surface area contributed by atoms with Crippen molar-refractivity contribution in [1.82, 2.24) is 15.2 Å². The van der Waals surface area contributed by atoms with Gasteiger partial charge in [0.1, 0.15) is 0 Å². The number of ether oxygens (including phenoxy) is 3. The minimum atomic E-state index is -0.551. The van der Waals surface area contributed by atoms with E-state index >= 15 is 0 Å². The standard InChI is InChI=1S/C26H28N4O5S/c1-5-19-23(25(32)35-4)24(16-9-10-20(33-2)21(12-16)34-3)30-18(15-36-26(30)29-19)13-22(31)28-14-17-8-6-7-11-27-17/h6-12,15,24H,5,13-14H2,1-4H3,(H,28,31). The van der Waals surface area contributed by atoms with E-state index in [-0.39, 0.29) is 12.3 Å². The lowest BCUT2D eigenvalue weighted by molar-refractivity contribution is -0.136. The van der Waals surface area contributed by atoms with E-state index in [0.29, 0.717) is 40.9 Å². The van der Waals surface area contributed by atoms with Gasteiger partial charge in [-0.15, -0.1) is 0 Å². The number of esters is 1. The number of hydrogen-bond donors (Lipinski definition) is 1. The molecule has 3 heterocycles. The van der Waals surface area contributed by atoms with Gasteiger partial charge in [-0.25, -0.2) is 9.79 Å². The number of aliphatic imine (C=N–C) groups is 1. The maximum absolute atomic E-state index is 13.0.